The second kappa shape index (κ2) is 13.7. The van der Waals surface area contributed by atoms with Gasteiger partial charge in [-0.05, 0) is 78.6 Å². The molecule has 0 spiro atoms. The number of carboxylic acid groups (broad SMARTS) is 1. The van der Waals surface area contributed by atoms with E-state index in [-0.39, 0.29) is 12.3 Å². The zero-order valence-corrected chi connectivity index (χ0v) is 23.1. The van der Waals surface area contributed by atoms with Crippen LogP contribution in [-0.4, -0.2) is 38.3 Å². The minimum atomic E-state index is -2.52. The monoisotopic (exact) mass is 592 g/mol. The quantitative estimate of drug-likeness (QED) is 0.172. The van der Waals surface area contributed by atoms with Gasteiger partial charge in [-0.15, -0.1) is 11.3 Å². The topological polar surface area (TPSA) is 98.2 Å². The Bertz CT molecular complexity index is 1150. The van der Waals surface area contributed by atoms with Crippen LogP contribution in [0.25, 0.3) is 11.1 Å². The van der Waals surface area contributed by atoms with Crippen molar-refractivity contribution in [2.75, 3.05) is 15.7 Å². The normalized spacial score (nSPS) is 12.6. The summed E-state index contributed by atoms with van der Waals surface area (Å²) >= 11 is 2.37. The summed E-state index contributed by atoms with van der Waals surface area (Å²) < 4.78 is 24.2. The Labute approximate surface area is 226 Å². The van der Waals surface area contributed by atoms with Crippen molar-refractivity contribution < 1.29 is 23.5 Å². The Morgan fingerprint density at radius 1 is 1.03 bits per heavy atom. The molecule has 10 heteroatoms. The summed E-state index contributed by atoms with van der Waals surface area (Å²) in [6.07, 6.45) is 2.41. The molecule has 36 heavy (non-hydrogen) atoms. The van der Waals surface area contributed by atoms with Gasteiger partial charge in [-0.25, -0.2) is 9.00 Å². The average molecular weight is 594 g/mol. The molecule has 1 heterocycles. The molecule has 3 aromatic rings. The number of carbonyl (C=O) groups excluding carboxylic acids is 1. The number of anilines is 2. The molecule has 2 atom stereocenters. The first kappa shape index (κ1) is 28.0. The number of aliphatic carboxylic acids is 1. The molecule has 7 nitrogen and oxygen atoms in total. The van der Waals surface area contributed by atoms with E-state index in [4.69, 9.17) is 0 Å². The lowest BCUT2D eigenvalue weighted by molar-refractivity contribution is -0.138. The van der Waals surface area contributed by atoms with Crippen LogP contribution in [0.3, 0.4) is 0 Å². The maximum atomic E-state index is 12.6. The van der Waals surface area contributed by atoms with E-state index in [0.717, 1.165) is 31.3 Å². The fourth-order valence-electron chi connectivity index (χ4n) is 3.90. The van der Waals surface area contributed by atoms with Gasteiger partial charge in [-0.3, -0.25) is 13.7 Å². The Kier molecular flexibility index (Phi) is 10.7. The molecule has 1 amide bonds. The van der Waals surface area contributed by atoms with Crippen molar-refractivity contribution in [1.82, 2.24) is 0 Å². The van der Waals surface area contributed by atoms with Crippen LogP contribution in [0.1, 0.15) is 39.0 Å². The summed E-state index contributed by atoms with van der Waals surface area (Å²) in [5, 5.41) is 12.7. The molecular weight excluding hydrogens is 564 g/mol. The van der Waals surface area contributed by atoms with Gasteiger partial charge in [0.2, 0.25) is 5.91 Å². The molecule has 0 radical (unpaired) electrons. The Morgan fingerprint density at radius 3 is 2.19 bits per heavy atom. The highest BCUT2D eigenvalue weighted by Crippen LogP contribution is 2.28. The van der Waals surface area contributed by atoms with Crippen molar-refractivity contribution in [3.05, 3.63) is 70.5 Å². The molecule has 0 bridgehead atoms. The van der Waals surface area contributed by atoms with Gasteiger partial charge in [0.25, 0.3) is 11.3 Å². The van der Waals surface area contributed by atoms with E-state index in [2.05, 4.69) is 15.9 Å². The van der Waals surface area contributed by atoms with Crippen LogP contribution < -0.4 is 9.21 Å². The fraction of sp³-hybridized carbons (Fsp3) is 0.308. The molecule has 0 aliphatic carbocycles. The molecule has 1 aromatic heterocycles. The minimum Gasteiger partial charge on any atom is -0.480 e. The molecule has 2 N–H and O–H groups in total. The van der Waals surface area contributed by atoms with Gasteiger partial charge in [0.05, 0.1) is 10.7 Å². The number of hydrogen-bond acceptors (Lipinski definition) is 4. The SMILES string of the molecule is CCCC(=O)N(CCCCC(C(=O)O)N(c1ccc(-c2ccc(Br)cc2)cc1)S(=O)O)c1cccs1. The van der Waals surface area contributed by atoms with E-state index >= 15 is 0 Å². The molecule has 0 fully saturated rings. The highest BCUT2D eigenvalue weighted by molar-refractivity contribution is 9.10. The number of unbranched alkanes of at least 4 members (excludes halogenated alkanes) is 1. The molecule has 0 aliphatic heterocycles. The summed E-state index contributed by atoms with van der Waals surface area (Å²) in [5.74, 6) is -1.13. The number of hydrogen-bond donors (Lipinski definition) is 2. The van der Waals surface area contributed by atoms with Crippen molar-refractivity contribution in [3.8, 4) is 11.1 Å². The van der Waals surface area contributed by atoms with Crippen molar-refractivity contribution in [3.63, 3.8) is 0 Å². The van der Waals surface area contributed by atoms with Crippen LogP contribution in [0.4, 0.5) is 10.7 Å². The lowest BCUT2D eigenvalue weighted by Crippen LogP contribution is -2.42. The van der Waals surface area contributed by atoms with Crippen molar-refractivity contribution in [2.45, 2.75) is 45.1 Å². The van der Waals surface area contributed by atoms with Gasteiger partial charge in [-0.1, -0.05) is 47.1 Å². The zero-order chi connectivity index (χ0) is 26.1. The van der Waals surface area contributed by atoms with Crippen LogP contribution in [0.5, 0.6) is 0 Å². The van der Waals surface area contributed by atoms with E-state index in [1.165, 1.54) is 11.3 Å². The summed E-state index contributed by atoms with van der Waals surface area (Å²) in [5.41, 5.74) is 2.23. The Balaban J connectivity index is 1.69. The van der Waals surface area contributed by atoms with Crippen LogP contribution >= 0.6 is 27.3 Å². The third-order valence-corrected chi connectivity index (χ3v) is 7.90. The first-order valence-electron chi connectivity index (χ1n) is 11.6. The van der Waals surface area contributed by atoms with E-state index in [0.29, 0.717) is 31.5 Å². The Hall–Kier alpha value is -2.53. The van der Waals surface area contributed by atoms with Gasteiger partial charge in [0, 0.05) is 17.4 Å². The second-order valence-electron chi connectivity index (χ2n) is 8.21. The minimum absolute atomic E-state index is 0.0405. The third-order valence-electron chi connectivity index (χ3n) is 5.68. The zero-order valence-electron chi connectivity index (χ0n) is 19.9. The van der Waals surface area contributed by atoms with Gasteiger partial charge in [-0.2, -0.15) is 0 Å². The lowest BCUT2D eigenvalue weighted by Gasteiger charge is -2.27. The van der Waals surface area contributed by atoms with E-state index in [9.17, 15) is 23.5 Å². The first-order chi connectivity index (χ1) is 17.3. The lowest BCUT2D eigenvalue weighted by atomic mass is 10.0. The van der Waals surface area contributed by atoms with Gasteiger partial charge in [0.1, 0.15) is 6.04 Å². The molecule has 2 aromatic carbocycles. The number of carbonyl (C=O) groups is 2. The summed E-state index contributed by atoms with van der Waals surface area (Å²) in [7, 11) is 0. The van der Waals surface area contributed by atoms with Gasteiger partial charge < -0.3 is 10.0 Å². The van der Waals surface area contributed by atoms with Gasteiger partial charge in [0.15, 0.2) is 0 Å². The first-order valence-corrected chi connectivity index (χ1v) is 14.4. The van der Waals surface area contributed by atoms with E-state index in [1.807, 2.05) is 48.7 Å². The van der Waals surface area contributed by atoms with Crippen molar-refractivity contribution >= 4 is 61.1 Å². The molecule has 0 saturated carbocycles. The third kappa shape index (κ3) is 7.49. The molecule has 2 unspecified atom stereocenters. The number of thiophene rings is 1. The van der Waals surface area contributed by atoms with E-state index < -0.39 is 23.3 Å². The number of nitrogens with zero attached hydrogens (tertiary/aromatic N) is 2. The number of rotatable bonds is 13. The molecular formula is C26H29BrN2O5S2. The maximum Gasteiger partial charge on any atom is 0.327 e. The van der Waals surface area contributed by atoms with Gasteiger partial charge >= 0.3 is 5.97 Å². The number of benzene rings is 2. The van der Waals surface area contributed by atoms with Crippen LogP contribution in [0, 0.1) is 0 Å². The van der Waals surface area contributed by atoms with Crippen LogP contribution in [0.15, 0.2) is 70.5 Å². The van der Waals surface area contributed by atoms with Crippen molar-refractivity contribution in [2.24, 2.45) is 0 Å². The summed E-state index contributed by atoms with van der Waals surface area (Å²) in [6.45, 7) is 2.42. The summed E-state index contributed by atoms with van der Waals surface area (Å²) in [6, 6.07) is 17.3. The predicted molar refractivity (Wildman–Crippen MR) is 150 cm³/mol. The van der Waals surface area contributed by atoms with Crippen molar-refractivity contribution in [1.29, 1.82) is 0 Å². The maximum absolute atomic E-state index is 12.6. The number of amides is 1. The van der Waals surface area contributed by atoms with E-state index in [1.54, 1.807) is 29.2 Å². The Morgan fingerprint density at radius 2 is 1.67 bits per heavy atom. The predicted octanol–water partition coefficient (Wildman–Crippen LogP) is 6.58. The number of carboxylic acids is 1. The molecule has 3 rings (SSSR count). The summed E-state index contributed by atoms with van der Waals surface area (Å²) in [4.78, 5) is 26.4. The second-order valence-corrected chi connectivity index (χ2v) is 10.9. The molecule has 0 saturated heterocycles. The largest absolute Gasteiger partial charge is 0.480 e. The highest BCUT2D eigenvalue weighted by atomic mass is 79.9. The number of halogens is 1. The van der Waals surface area contributed by atoms with Crippen LogP contribution in [0.2, 0.25) is 0 Å². The smallest absolute Gasteiger partial charge is 0.327 e. The highest BCUT2D eigenvalue weighted by Gasteiger charge is 2.30. The average Bonchev–Trinajstić information content (AvgIpc) is 3.38. The molecule has 0 aliphatic rings. The van der Waals surface area contributed by atoms with Crippen LogP contribution in [-0.2, 0) is 20.9 Å². The fourth-order valence-corrected chi connectivity index (χ4v) is 5.65. The molecule has 192 valence electrons. The standard InChI is InChI=1S/C26H29BrN2O5S2/c1-2-6-24(30)28(25-8-5-18-35-25)17-4-3-7-23(26(31)32)29(36(33)34)22-15-11-20(12-16-22)19-9-13-21(27)14-10-19/h5,8-16,18,23H,2-4,6-7,17H2,1H3,(H,31,32)(H,33,34).